The van der Waals surface area contributed by atoms with Gasteiger partial charge in [0.25, 0.3) is 0 Å². The number of rotatable bonds is 4. The zero-order chi connectivity index (χ0) is 10.0. The monoisotopic (exact) mass is 186 g/mol. The van der Waals surface area contributed by atoms with Crippen LogP contribution in [-0.2, 0) is 4.79 Å². The molecule has 0 spiro atoms. The predicted molar refractivity (Wildman–Crippen MR) is 47.9 cm³/mol. The van der Waals surface area contributed by atoms with Gasteiger partial charge in [0.2, 0.25) is 0 Å². The molecule has 0 aliphatic heterocycles. The number of nitrogens with zero attached hydrogens (tertiary/aromatic N) is 1. The topological polar surface area (TPSA) is 128 Å². The summed E-state index contributed by atoms with van der Waals surface area (Å²) in [5, 5.41) is 8.58. The molecule has 1 rings (SSSR count). The molecule has 0 saturated heterocycles. The van der Waals surface area contributed by atoms with Gasteiger partial charge in [0, 0.05) is 6.54 Å². The van der Waals surface area contributed by atoms with E-state index < -0.39 is 12.0 Å². The Labute approximate surface area is 75.8 Å². The number of aliphatic carboxylic acids is 1. The van der Waals surface area contributed by atoms with Crippen LogP contribution < -0.4 is 17.2 Å². The van der Waals surface area contributed by atoms with Gasteiger partial charge in [-0.25, -0.2) is 0 Å². The lowest BCUT2D eigenvalue weighted by Crippen LogP contribution is -2.33. The van der Waals surface area contributed by atoms with Crippen LogP contribution in [0, 0.1) is 11.8 Å². The normalized spacial score (nSPS) is 27.8. The molecule has 0 heterocycles. The lowest BCUT2D eigenvalue weighted by atomic mass is 10.1. The summed E-state index contributed by atoms with van der Waals surface area (Å²) in [6, 6.07) is -0.779. The van der Waals surface area contributed by atoms with Gasteiger partial charge in [0.15, 0.2) is 5.96 Å². The van der Waals surface area contributed by atoms with E-state index in [9.17, 15) is 4.79 Å². The van der Waals surface area contributed by atoms with Crippen molar-refractivity contribution in [2.45, 2.75) is 12.5 Å². The SMILES string of the molecule is NC(N)=NC[C@H]1C[C@@H]1[C@H](N)C(=O)O. The average molecular weight is 186 g/mol. The van der Waals surface area contributed by atoms with Crippen LogP contribution in [-0.4, -0.2) is 29.6 Å². The second-order valence-electron chi connectivity index (χ2n) is 3.29. The molecule has 0 amide bonds. The fourth-order valence-corrected chi connectivity index (χ4v) is 1.33. The van der Waals surface area contributed by atoms with E-state index in [-0.39, 0.29) is 17.8 Å². The van der Waals surface area contributed by atoms with Crippen LogP contribution in [0.25, 0.3) is 0 Å². The first-order valence-electron chi connectivity index (χ1n) is 4.06. The smallest absolute Gasteiger partial charge is 0.320 e. The maximum atomic E-state index is 10.5. The first kappa shape index (κ1) is 9.79. The Morgan fingerprint density at radius 1 is 1.62 bits per heavy atom. The van der Waals surface area contributed by atoms with Gasteiger partial charge in [0.1, 0.15) is 6.04 Å². The highest BCUT2D eigenvalue weighted by Gasteiger charge is 2.44. The van der Waals surface area contributed by atoms with Crippen molar-refractivity contribution >= 4 is 11.9 Å². The summed E-state index contributed by atoms with van der Waals surface area (Å²) in [5.41, 5.74) is 15.7. The van der Waals surface area contributed by atoms with E-state index in [1.54, 1.807) is 0 Å². The number of nitrogens with two attached hydrogens (primary N) is 3. The zero-order valence-electron chi connectivity index (χ0n) is 7.18. The summed E-state index contributed by atoms with van der Waals surface area (Å²) >= 11 is 0. The van der Waals surface area contributed by atoms with Crippen molar-refractivity contribution < 1.29 is 9.90 Å². The van der Waals surface area contributed by atoms with E-state index in [1.807, 2.05) is 0 Å². The molecule has 13 heavy (non-hydrogen) atoms. The highest BCUT2D eigenvalue weighted by atomic mass is 16.4. The summed E-state index contributed by atoms with van der Waals surface area (Å²) in [7, 11) is 0. The van der Waals surface area contributed by atoms with Gasteiger partial charge in [-0.3, -0.25) is 9.79 Å². The summed E-state index contributed by atoms with van der Waals surface area (Å²) in [6.45, 7) is 0.480. The molecule has 0 aromatic rings. The molecule has 6 nitrogen and oxygen atoms in total. The van der Waals surface area contributed by atoms with Crippen LogP contribution in [0.5, 0.6) is 0 Å². The predicted octanol–water partition coefficient (Wildman–Crippen LogP) is -1.69. The van der Waals surface area contributed by atoms with Crippen LogP contribution in [0.3, 0.4) is 0 Å². The maximum absolute atomic E-state index is 10.5. The van der Waals surface area contributed by atoms with Crippen molar-refractivity contribution in [1.82, 2.24) is 0 Å². The largest absolute Gasteiger partial charge is 0.480 e. The molecule has 1 fully saturated rings. The van der Waals surface area contributed by atoms with Crippen LogP contribution in [0.15, 0.2) is 4.99 Å². The van der Waals surface area contributed by atoms with Crippen molar-refractivity contribution in [2.24, 2.45) is 34.0 Å². The summed E-state index contributed by atoms with van der Waals surface area (Å²) in [4.78, 5) is 14.3. The number of hydrogen-bond acceptors (Lipinski definition) is 3. The van der Waals surface area contributed by atoms with E-state index in [0.717, 1.165) is 6.42 Å². The highest BCUT2D eigenvalue weighted by Crippen LogP contribution is 2.40. The van der Waals surface area contributed by atoms with Gasteiger partial charge < -0.3 is 22.3 Å². The maximum Gasteiger partial charge on any atom is 0.320 e. The van der Waals surface area contributed by atoms with Crippen molar-refractivity contribution in [3.05, 3.63) is 0 Å². The molecule has 74 valence electrons. The Morgan fingerprint density at radius 3 is 2.69 bits per heavy atom. The fraction of sp³-hybridized carbons (Fsp3) is 0.714. The molecule has 6 heteroatoms. The minimum atomic E-state index is -0.961. The molecule has 1 aliphatic rings. The Balaban J connectivity index is 2.30. The number of carbonyl (C=O) groups is 1. The van der Waals surface area contributed by atoms with Gasteiger partial charge in [-0.2, -0.15) is 0 Å². The standard InChI is InChI=1S/C7H14N4O2/c8-5(6(12)13)4-1-3(4)2-11-7(9)10/h3-5H,1-2,8H2,(H,12,13)(H4,9,10,11)/t3-,4+,5+/m1/s1. The van der Waals surface area contributed by atoms with Gasteiger partial charge in [0.05, 0.1) is 0 Å². The Hall–Kier alpha value is -1.30. The van der Waals surface area contributed by atoms with Crippen LogP contribution in [0.2, 0.25) is 0 Å². The minimum absolute atomic E-state index is 0.0283. The zero-order valence-corrected chi connectivity index (χ0v) is 7.18. The molecule has 0 radical (unpaired) electrons. The molecular weight excluding hydrogens is 172 g/mol. The Kier molecular flexibility index (Phi) is 2.72. The van der Waals surface area contributed by atoms with Crippen LogP contribution >= 0.6 is 0 Å². The second kappa shape index (κ2) is 3.61. The van der Waals surface area contributed by atoms with Gasteiger partial charge >= 0.3 is 5.97 Å². The van der Waals surface area contributed by atoms with E-state index in [1.165, 1.54) is 0 Å². The Morgan fingerprint density at radius 2 is 2.23 bits per heavy atom. The summed E-state index contributed by atoms with van der Waals surface area (Å²) < 4.78 is 0. The number of guanidine groups is 1. The molecule has 1 aliphatic carbocycles. The van der Waals surface area contributed by atoms with Gasteiger partial charge in [-0.05, 0) is 18.3 Å². The fourth-order valence-electron chi connectivity index (χ4n) is 1.33. The third kappa shape index (κ3) is 2.59. The molecule has 0 bridgehead atoms. The van der Waals surface area contributed by atoms with Crippen molar-refractivity contribution in [3.63, 3.8) is 0 Å². The molecular formula is C7H14N4O2. The van der Waals surface area contributed by atoms with Crippen molar-refractivity contribution in [2.75, 3.05) is 6.54 Å². The average Bonchev–Trinajstić information content (AvgIpc) is 2.78. The van der Waals surface area contributed by atoms with E-state index in [0.29, 0.717) is 6.54 Å². The first-order valence-corrected chi connectivity index (χ1v) is 4.06. The van der Waals surface area contributed by atoms with E-state index in [2.05, 4.69) is 4.99 Å². The molecule has 0 aromatic carbocycles. The van der Waals surface area contributed by atoms with Crippen LogP contribution in [0.1, 0.15) is 6.42 Å². The number of carboxylic acids is 1. The van der Waals surface area contributed by atoms with Crippen molar-refractivity contribution in [1.29, 1.82) is 0 Å². The molecule has 3 atom stereocenters. The summed E-state index contributed by atoms with van der Waals surface area (Å²) in [5.74, 6) is -0.666. The second-order valence-corrected chi connectivity index (χ2v) is 3.29. The van der Waals surface area contributed by atoms with Gasteiger partial charge in [-0.1, -0.05) is 0 Å². The summed E-state index contributed by atoms with van der Waals surface area (Å²) in [6.07, 6.45) is 0.796. The lowest BCUT2D eigenvalue weighted by molar-refractivity contribution is -0.139. The molecule has 1 saturated carbocycles. The third-order valence-electron chi connectivity index (χ3n) is 2.23. The van der Waals surface area contributed by atoms with E-state index >= 15 is 0 Å². The highest BCUT2D eigenvalue weighted by molar-refractivity contribution is 5.76. The molecule has 0 unspecified atom stereocenters. The number of aliphatic imine (C=N–C) groups is 1. The van der Waals surface area contributed by atoms with Crippen molar-refractivity contribution in [3.8, 4) is 0 Å². The number of carboxylic acid groups (broad SMARTS) is 1. The Bertz CT molecular complexity index is 237. The number of hydrogen-bond donors (Lipinski definition) is 4. The van der Waals surface area contributed by atoms with Crippen LogP contribution in [0.4, 0.5) is 0 Å². The molecule has 0 aromatic heterocycles. The minimum Gasteiger partial charge on any atom is -0.480 e. The first-order chi connectivity index (χ1) is 6.02. The third-order valence-corrected chi connectivity index (χ3v) is 2.23. The lowest BCUT2D eigenvalue weighted by Gasteiger charge is -2.03. The molecule has 7 N–H and O–H groups in total. The van der Waals surface area contributed by atoms with Gasteiger partial charge in [-0.15, -0.1) is 0 Å². The quantitative estimate of drug-likeness (QED) is 0.307. The van der Waals surface area contributed by atoms with E-state index in [4.69, 9.17) is 22.3 Å².